The Morgan fingerprint density at radius 3 is 2.75 bits per heavy atom. The number of piperidine rings is 1. The van der Waals surface area contributed by atoms with E-state index in [1.165, 1.54) is 11.3 Å². The van der Waals surface area contributed by atoms with E-state index in [0.29, 0.717) is 12.6 Å². The summed E-state index contributed by atoms with van der Waals surface area (Å²) in [5.74, 6) is 0.393. The number of hydrogen-bond acceptors (Lipinski definition) is 3. The van der Waals surface area contributed by atoms with Crippen LogP contribution in [0, 0.1) is 0 Å². The van der Waals surface area contributed by atoms with Gasteiger partial charge in [0.2, 0.25) is 5.95 Å². The van der Waals surface area contributed by atoms with Gasteiger partial charge in [0.05, 0.1) is 17.7 Å². The Kier molecular flexibility index (Phi) is 3.56. The predicted octanol–water partition coefficient (Wildman–Crippen LogP) is 2.49. The molecule has 1 aliphatic rings. The highest BCUT2D eigenvalue weighted by atomic mass is 16.4. The van der Waals surface area contributed by atoms with Crippen molar-refractivity contribution in [2.45, 2.75) is 19.3 Å². The van der Waals surface area contributed by atoms with E-state index in [4.69, 9.17) is 0 Å². The molecule has 0 saturated carbocycles. The standard InChI is InChI=1S/C14H18N4O2/c19-14(20)18(10-17-8-4-1-5-9-17)13-15-11-6-2-3-7-12(11)16-13/h2-3,6-7H,1,4-5,8-10H2,(H,15,16)(H,19,20). The smallest absolute Gasteiger partial charge is 0.415 e. The van der Waals surface area contributed by atoms with Crippen LogP contribution in [0.4, 0.5) is 10.7 Å². The molecule has 6 heteroatoms. The van der Waals surface area contributed by atoms with E-state index in [2.05, 4.69) is 14.9 Å². The zero-order valence-electron chi connectivity index (χ0n) is 11.2. The first kappa shape index (κ1) is 12.9. The minimum atomic E-state index is -0.977. The summed E-state index contributed by atoms with van der Waals surface area (Å²) in [6, 6.07) is 7.56. The minimum absolute atomic E-state index is 0.370. The van der Waals surface area contributed by atoms with Crippen molar-refractivity contribution in [1.29, 1.82) is 0 Å². The average Bonchev–Trinajstić information content (AvgIpc) is 2.89. The maximum atomic E-state index is 11.5. The lowest BCUT2D eigenvalue weighted by Gasteiger charge is -2.30. The maximum absolute atomic E-state index is 11.5. The molecule has 1 fully saturated rings. The topological polar surface area (TPSA) is 72.5 Å². The van der Waals surface area contributed by atoms with Crippen LogP contribution in [-0.4, -0.2) is 45.8 Å². The third kappa shape index (κ3) is 2.60. The fourth-order valence-corrected chi connectivity index (χ4v) is 2.59. The molecular weight excluding hydrogens is 256 g/mol. The SMILES string of the molecule is O=C(O)N(CN1CCCCC1)c1nc2ccccc2[nH]1. The summed E-state index contributed by atoms with van der Waals surface area (Å²) < 4.78 is 0. The van der Waals surface area contributed by atoms with Crippen molar-refractivity contribution < 1.29 is 9.90 Å². The molecule has 2 heterocycles. The van der Waals surface area contributed by atoms with Crippen molar-refractivity contribution in [1.82, 2.24) is 14.9 Å². The number of nitrogens with zero attached hydrogens (tertiary/aromatic N) is 3. The second-order valence-corrected chi connectivity index (χ2v) is 5.11. The van der Waals surface area contributed by atoms with E-state index < -0.39 is 6.09 Å². The molecule has 0 spiro atoms. The Hall–Kier alpha value is -2.08. The van der Waals surface area contributed by atoms with Gasteiger partial charge in [0.1, 0.15) is 0 Å². The number of benzene rings is 1. The van der Waals surface area contributed by atoms with E-state index in [1.54, 1.807) is 0 Å². The number of carbonyl (C=O) groups is 1. The second kappa shape index (κ2) is 5.50. The molecule has 1 amide bonds. The Morgan fingerprint density at radius 2 is 2.05 bits per heavy atom. The Labute approximate surface area is 117 Å². The van der Waals surface area contributed by atoms with Gasteiger partial charge in [-0.25, -0.2) is 14.7 Å². The molecule has 2 aromatic rings. The van der Waals surface area contributed by atoms with E-state index >= 15 is 0 Å². The lowest BCUT2D eigenvalue weighted by Crippen LogP contribution is -2.43. The summed E-state index contributed by atoms with van der Waals surface area (Å²) in [5, 5.41) is 9.42. The van der Waals surface area contributed by atoms with Crippen molar-refractivity contribution in [2.24, 2.45) is 0 Å². The van der Waals surface area contributed by atoms with Gasteiger partial charge in [0.15, 0.2) is 0 Å². The summed E-state index contributed by atoms with van der Waals surface area (Å²) >= 11 is 0. The Bertz CT molecular complexity index is 571. The van der Waals surface area contributed by atoms with Crippen molar-refractivity contribution >= 4 is 23.1 Å². The highest BCUT2D eigenvalue weighted by Gasteiger charge is 2.22. The largest absolute Gasteiger partial charge is 0.465 e. The Balaban J connectivity index is 1.83. The number of aromatic amines is 1. The number of H-pyrrole nitrogens is 1. The minimum Gasteiger partial charge on any atom is -0.465 e. The van der Waals surface area contributed by atoms with Crippen LogP contribution >= 0.6 is 0 Å². The monoisotopic (exact) mass is 274 g/mol. The third-order valence-electron chi connectivity index (χ3n) is 3.65. The molecular formula is C14H18N4O2. The zero-order chi connectivity index (χ0) is 13.9. The Morgan fingerprint density at radius 1 is 1.30 bits per heavy atom. The zero-order valence-corrected chi connectivity index (χ0v) is 11.2. The quantitative estimate of drug-likeness (QED) is 0.902. The summed E-state index contributed by atoms with van der Waals surface area (Å²) in [4.78, 5) is 22.4. The molecule has 0 unspecified atom stereocenters. The van der Waals surface area contributed by atoms with Crippen molar-refractivity contribution in [3.8, 4) is 0 Å². The van der Waals surface area contributed by atoms with Gasteiger partial charge in [0.25, 0.3) is 0 Å². The molecule has 3 rings (SSSR count). The number of amides is 1. The van der Waals surface area contributed by atoms with Crippen LogP contribution in [0.15, 0.2) is 24.3 Å². The van der Waals surface area contributed by atoms with E-state index in [9.17, 15) is 9.90 Å². The van der Waals surface area contributed by atoms with Crippen molar-refractivity contribution in [2.75, 3.05) is 24.7 Å². The maximum Gasteiger partial charge on any atom is 0.415 e. The normalized spacial score (nSPS) is 16.4. The first-order valence-electron chi connectivity index (χ1n) is 6.91. The molecule has 1 saturated heterocycles. The number of imidazole rings is 1. The highest BCUT2D eigenvalue weighted by molar-refractivity contribution is 5.87. The number of para-hydroxylation sites is 2. The van der Waals surface area contributed by atoms with Crippen molar-refractivity contribution in [3.63, 3.8) is 0 Å². The van der Waals surface area contributed by atoms with E-state index in [-0.39, 0.29) is 0 Å². The molecule has 1 aliphatic heterocycles. The number of anilines is 1. The average molecular weight is 274 g/mol. The van der Waals surface area contributed by atoms with Crippen LogP contribution in [-0.2, 0) is 0 Å². The van der Waals surface area contributed by atoms with Crippen LogP contribution in [0.2, 0.25) is 0 Å². The number of carboxylic acid groups (broad SMARTS) is 1. The molecule has 1 aromatic heterocycles. The van der Waals surface area contributed by atoms with Crippen LogP contribution < -0.4 is 4.90 Å². The van der Waals surface area contributed by atoms with Gasteiger partial charge in [-0.15, -0.1) is 0 Å². The number of hydrogen-bond donors (Lipinski definition) is 2. The molecule has 0 radical (unpaired) electrons. The third-order valence-corrected chi connectivity index (χ3v) is 3.65. The molecule has 2 N–H and O–H groups in total. The summed E-state index contributed by atoms with van der Waals surface area (Å²) in [6.07, 6.45) is 2.52. The van der Waals surface area contributed by atoms with Gasteiger partial charge in [-0.2, -0.15) is 0 Å². The lowest BCUT2D eigenvalue weighted by molar-refractivity contribution is 0.184. The lowest BCUT2D eigenvalue weighted by atomic mass is 10.1. The van der Waals surface area contributed by atoms with Crippen LogP contribution in [0.25, 0.3) is 11.0 Å². The van der Waals surface area contributed by atoms with Crippen LogP contribution in [0.5, 0.6) is 0 Å². The van der Waals surface area contributed by atoms with Gasteiger partial charge in [-0.1, -0.05) is 18.6 Å². The van der Waals surface area contributed by atoms with Crippen LogP contribution in [0.3, 0.4) is 0 Å². The first-order valence-corrected chi connectivity index (χ1v) is 6.91. The molecule has 20 heavy (non-hydrogen) atoms. The van der Waals surface area contributed by atoms with Crippen LogP contribution in [0.1, 0.15) is 19.3 Å². The molecule has 0 aliphatic carbocycles. The number of rotatable bonds is 3. The van der Waals surface area contributed by atoms with Gasteiger partial charge < -0.3 is 10.1 Å². The van der Waals surface area contributed by atoms with Gasteiger partial charge in [-0.3, -0.25) is 4.90 Å². The number of likely N-dealkylation sites (tertiary alicyclic amines) is 1. The second-order valence-electron chi connectivity index (χ2n) is 5.11. The molecule has 0 atom stereocenters. The fraction of sp³-hybridized carbons (Fsp3) is 0.429. The first-order chi connectivity index (χ1) is 9.74. The van der Waals surface area contributed by atoms with Gasteiger partial charge in [-0.05, 0) is 38.1 Å². The predicted molar refractivity (Wildman–Crippen MR) is 76.9 cm³/mol. The molecule has 106 valence electrons. The number of aromatic nitrogens is 2. The summed E-state index contributed by atoms with van der Waals surface area (Å²) in [7, 11) is 0. The van der Waals surface area contributed by atoms with Crippen molar-refractivity contribution in [3.05, 3.63) is 24.3 Å². The molecule has 6 nitrogen and oxygen atoms in total. The number of fused-ring (bicyclic) bond motifs is 1. The summed E-state index contributed by atoms with van der Waals surface area (Å²) in [5.41, 5.74) is 1.64. The molecule has 1 aromatic carbocycles. The van der Waals surface area contributed by atoms with Gasteiger partial charge >= 0.3 is 6.09 Å². The fourth-order valence-electron chi connectivity index (χ4n) is 2.59. The molecule has 0 bridgehead atoms. The number of nitrogens with one attached hydrogen (secondary N) is 1. The van der Waals surface area contributed by atoms with Gasteiger partial charge in [0, 0.05) is 0 Å². The summed E-state index contributed by atoms with van der Waals surface area (Å²) in [6.45, 7) is 2.27. The van der Waals surface area contributed by atoms with E-state index in [0.717, 1.165) is 37.0 Å². The van der Waals surface area contributed by atoms with E-state index in [1.807, 2.05) is 24.3 Å². The highest BCUT2D eigenvalue weighted by Crippen LogP contribution is 2.18.